The van der Waals surface area contributed by atoms with Gasteiger partial charge in [0.05, 0.1) is 12.1 Å². The molecule has 0 amide bonds. The molecule has 0 aliphatic carbocycles. The van der Waals surface area contributed by atoms with Crippen molar-refractivity contribution < 1.29 is 0 Å². The second kappa shape index (κ2) is 5.78. The van der Waals surface area contributed by atoms with Gasteiger partial charge in [0, 0.05) is 12.8 Å². The average Bonchev–Trinajstić information content (AvgIpc) is 2.24. The van der Waals surface area contributed by atoms with Gasteiger partial charge in [-0.3, -0.25) is 0 Å². The number of benzene rings is 1. The van der Waals surface area contributed by atoms with Crippen LogP contribution in [0.1, 0.15) is 24.0 Å². The lowest BCUT2D eigenvalue weighted by Gasteiger charge is -2.01. The van der Waals surface area contributed by atoms with Crippen LogP contribution in [-0.4, -0.2) is 0 Å². The van der Waals surface area contributed by atoms with E-state index >= 15 is 0 Å². The Morgan fingerprint density at radius 3 is 1.86 bits per heavy atom. The molecule has 0 aliphatic rings. The molecular weight excluding hydrogens is 172 g/mol. The zero-order valence-electron chi connectivity index (χ0n) is 8.03. The van der Waals surface area contributed by atoms with Crippen molar-refractivity contribution in [1.82, 2.24) is 0 Å². The highest BCUT2D eigenvalue weighted by Crippen LogP contribution is 2.09. The van der Waals surface area contributed by atoms with E-state index in [-0.39, 0.29) is 0 Å². The first-order valence-electron chi connectivity index (χ1n) is 4.68. The minimum Gasteiger partial charge on any atom is -0.198 e. The Hall–Kier alpha value is -1.80. The fraction of sp³-hybridized carbons (Fsp3) is 0.333. The quantitative estimate of drug-likeness (QED) is 0.722. The van der Waals surface area contributed by atoms with Crippen LogP contribution in [0.25, 0.3) is 0 Å². The Balaban J connectivity index is 2.61. The first-order valence-corrected chi connectivity index (χ1v) is 4.68. The minimum atomic E-state index is 0.557. The van der Waals surface area contributed by atoms with E-state index in [1.54, 1.807) is 0 Å². The fourth-order valence-corrected chi connectivity index (χ4v) is 1.34. The maximum atomic E-state index is 8.45. The molecule has 70 valence electrons. The third kappa shape index (κ3) is 3.29. The maximum Gasteiger partial charge on any atom is 0.0625 e. The summed E-state index contributed by atoms with van der Waals surface area (Å²) in [5.41, 5.74) is 2.36. The van der Waals surface area contributed by atoms with Crippen molar-refractivity contribution >= 4 is 0 Å². The lowest BCUT2D eigenvalue weighted by molar-refractivity contribution is 0.976. The molecule has 1 rings (SSSR count). The molecule has 2 nitrogen and oxygen atoms in total. The average molecular weight is 184 g/mol. The van der Waals surface area contributed by atoms with Gasteiger partial charge in [-0.05, 0) is 24.0 Å². The topological polar surface area (TPSA) is 47.6 Å². The largest absolute Gasteiger partial charge is 0.198 e. The van der Waals surface area contributed by atoms with Crippen molar-refractivity contribution in [1.29, 1.82) is 10.5 Å². The Kier molecular flexibility index (Phi) is 4.24. The molecule has 0 saturated heterocycles. The van der Waals surface area contributed by atoms with Crippen LogP contribution in [0.15, 0.2) is 24.3 Å². The third-order valence-electron chi connectivity index (χ3n) is 2.04. The smallest absolute Gasteiger partial charge is 0.0625 e. The van der Waals surface area contributed by atoms with Crippen molar-refractivity contribution in [3.63, 3.8) is 0 Å². The summed E-state index contributed by atoms with van der Waals surface area (Å²) < 4.78 is 0. The molecule has 1 aromatic rings. The van der Waals surface area contributed by atoms with E-state index < -0.39 is 0 Å². The number of hydrogen-bond donors (Lipinski definition) is 0. The summed E-state index contributed by atoms with van der Waals surface area (Å²) in [6, 6.07) is 12.4. The molecule has 0 bridgehead atoms. The van der Waals surface area contributed by atoms with Gasteiger partial charge in [0.15, 0.2) is 0 Å². The van der Waals surface area contributed by atoms with E-state index in [1.165, 1.54) is 11.1 Å². The van der Waals surface area contributed by atoms with Crippen LogP contribution >= 0.6 is 0 Å². The molecule has 0 fully saturated rings. The van der Waals surface area contributed by atoms with Crippen LogP contribution in [-0.2, 0) is 12.8 Å². The summed E-state index contributed by atoms with van der Waals surface area (Å²) in [6.07, 6.45) is 2.72. The maximum absolute atomic E-state index is 8.45. The zero-order valence-corrected chi connectivity index (χ0v) is 8.03. The van der Waals surface area contributed by atoms with Gasteiger partial charge in [-0.25, -0.2) is 0 Å². The fourth-order valence-electron chi connectivity index (χ4n) is 1.34. The molecule has 0 radical (unpaired) electrons. The van der Waals surface area contributed by atoms with Gasteiger partial charge in [-0.1, -0.05) is 24.3 Å². The summed E-state index contributed by atoms with van der Waals surface area (Å²) in [5.74, 6) is 0. The van der Waals surface area contributed by atoms with Gasteiger partial charge < -0.3 is 0 Å². The van der Waals surface area contributed by atoms with Gasteiger partial charge in [-0.15, -0.1) is 0 Å². The summed E-state index contributed by atoms with van der Waals surface area (Å²) in [5, 5.41) is 16.9. The number of hydrogen-bond acceptors (Lipinski definition) is 2. The first-order chi connectivity index (χ1) is 6.86. The molecule has 0 N–H and O–H groups in total. The highest BCUT2D eigenvalue weighted by atomic mass is 14.2. The third-order valence-corrected chi connectivity index (χ3v) is 2.04. The second-order valence-corrected chi connectivity index (χ2v) is 3.14. The number of nitriles is 2. The van der Waals surface area contributed by atoms with Gasteiger partial charge in [-0.2, -0.15) is 10.5 Å². The lowest BCUT2D eigenvalue weighted by atomic mass is 10.0. The highest BCUT2D eigenvalue weighted by Gasteiger charge is 1.95. The molecule has 0 saturated carbocycles. The Morgan fingerprint density at radius 1 is 0.929 bits per heavy atom. The molecule has 14 heavy (non-hydrogen) atoms. The van der Waals surface area contributed by atoms with Crippen molar-refractivity contribution in [2.75, 3.05) is 0 Å². The van der Waals surface area contributed by atoms with E-state index in [4.69, 9.17) is 10.5 Å². The highest BCUT2D eigenvalue weighted by molar-refractivity contribution is 5.24. The van der Waals surface area contributed by atoms with E-state index in [0.29, 0.717) is 12.8 Å². The Bertz CT molecular complexity index is 335. The van der Waals surface area contributed by atoms with Gasteiger partial charge in [0.2, 0.25) is 0 Å². The second-order valence-electron chi connectivity index (χ2n) is 3.14. The Labute approximate surface area is 84.4 Å². The molecule has 1 aromatic carbocycles. The van der Waals surface area contributed by atoms with Crippen molar-refractivity contribution in [2.24, 2.45) is 0 Å². The van der Waals surface area contributed by atoms with Crippen LogP contribution in [0, 0.1) is 22.7 Å². The molecule has 0 aliphatic heterocycles. The minimum absolute atomic E-state index is 0.557. The monoisotopic (exact) mass is 184 g/mol. The summed E-state index contributed by atoms with van der Waals surface area (Å²) in [4.78, 5) is 0. The van der Waals surface area contributed by atoms with Crippen LogP contribution in [0.3, 0.4) is 0 Å². The van der Waals surface area contributed by atoms with Crippen molar-refractivity contribution in [3.05, 3.63) is 35.4 Å². The predicted octanol–water partition coefficient (Wildman–Crippen LogP) is 2.60. The Morgan fingerprint density at radius 2 is 1.43 bits per heavy atom. The van der Waals surface area contributed by atoms with Gasteiger partial charge >= 0.3 is 0 Å². The number of nitrogens with zero attached hydrogens (tertiary/aromatic N) is 2. The molecule has 0 spiro atoms. The molecule has 0 unspecified atom stereocenters. The van der Waals surface area contributed by atoms with Crippen LogP contribution in [0.5, 0.6) is 0 Å². The molecule has 0 atom stereocenters. The standard InChI is InChI=1S/C12H12N2/c13-8-2-6-11-4-1-5-12(10-11)7-3-9-14/h1,4-5,10H,2-3,6-7H2. The predicted molar refractivity (Wildman–Crippen MR) is 54.3 cm³/mol. The summed E-state index contributed by atoms with van der Waals surface area (Å²) >= 11 is 0. The van der Waals surface area contributed by atoms with Crippen LogP contribution in [0.4, 0.5) is 0 Å². The summed E-state index contributed by atoms with van der Waals surface area (Å²) in [6.45, 7) is 0. The number of rotatable bonds is 4. The SMILES string of the molecule is N#CCCc1cccc(CCC#N)c1. The van der Waals surface area contributed by atoms with E-state index in [2.05, 4.69) is 18.2 Å². The van der Waals surface area contributed by atoms with E-state index in [1.807, 2.05) is 18.2 Å². The molecule has 2 heteroatoms. The molecular formula is C12H12N2. The van der Waals surface area contributed by atoms with Crippen molar-refractivity contribution in [3.8, 4) is 12.1 Å². The molecule has 0 heterocycles. The van der Waals surface area contributed by atoms with Crippen LogP contribution < -0.4 is 0 Å². The van der Waals surface area contributed by atoms with E-state index in [9.17, 15) is 0 Å². The van der Waals surface area contributed by atoms with Crippen LogP contribution in [0.2, 0.25) is 0 Å². The van der Waals surface area contributed by atoms with Crippen molar-refractivity contribution in [2.45, 2.75) is 25.7 Å². The first kappa shape index (κ1) is 10.3. The summed E-state index contributed by atoms with van der Waals surface area (Å²) in [7, 11) is 0. The van der Waals surface area contributed by atoms with Gasteiger partial charge in [0.1, 0.15) is 0 Å². The number of aryl methyl sites for hydroxylation is 2. The normalized spacial score (nSPS) is 9.00. The molecule has 0 aromatic heterocycles. The van der Waals surface area contributed by atoms with E-state index in [0.717, 1.165) is 12.8 Å². The van der Waals surface area contributed by atoms with Gasteiger partial charge in [0.25, 0.3) is 0 Å². The zero-order chi connectivity index (χ0) is 10.2. The lowest BCUT2D eigenvalue weighted by Crippen LogP contribution is -1.88.